The number of rotatable bonds is 7. The van der Waals surface area contributed by atoms with Crippen LogP contribution in [0.2, 0.25) is 0 Å². The third-order valence-corrected chi connectivity index (χ3v) is 7.28. The van der Waals surface area contributed by atoms with E-state index in [1.165, 1.54) is 0 Å². The van der Waals surface area contributed by atoms with E-state index in [4.69, 9.17) is 0 Å². The van der Waals surface area contributed by atoms with E-state index in [1.807, 2.05) is 84.9 Å². The molecule has 4 aromatic rings. The molecule has 1 aliphatic rings. The molecule has 5 rings (SSSR count). The summed E-state index contributed by atoms with van der Waals surface area (Å²) >= 11 is 0. The zero-order chi connectivity index (χ0) is 25.6. The molecule has 4 nitrogen and oxygen atoms in total. The van der Waals surface area contributed by atoms with Gasteiger partial charge in [0.05, 0.1) is 5.76 Å². The van der Waals surface area contributed by atoms with Crippen LogP contribution in [0.1, 0.15) is 34.7 Å². The Bertz CT molecular complexity index is 1340. The van der Waals surface area contributed by atoms with Crippen molar-refractivity contribution in [2.45, 2.75) is 18.8 Å². The maximum absolute atomic E-state index is 13.1. The molecule has 0 aromatic heterocycles. The predicted octanol–water partition coefficient (Wildman–Crippen LogP) is 7.68. The average molecular weight is 489 g/mol. The van der Waals surface area contributed by atoms with Gasteiger partial charge in [-0.1, -0.05) is 85.4 Å². The molecule has 0 radical (unpaired) electrons. The molecular formula is C33H32N2O2. The third kappa shape index (κ3) is 5.59. The number of amides is 1. The largest absolute Gasteiger partial charge is 0.512 e. The van der Waals surface area contributed by atoms with Gasteiger partial charge in [-0.25, -0.2) is 0 Å². The lowest BCUT2D eigenvalue weighted by molar-refractivity contribution is 0.102. The summed E-state index contributed by atoms with van der Waals surface area (Å²) < 4.78 is 0. The molecule has 1 saturated heterocycles. The van der Waals surface area contributed by atoms with Crippen LogP contribution in [0.15, 0.2) is 122 Å². The average Bonchev–Trinajstić information content (AvgIpc) is 2.95. The lowest BCUT2D eigenvalue weighted by Gasteiger charge is -2.37. The van der Waals surface area contributed by atoms with Crippen LogP contribution in [-0.2, 0) is 0 Å². The van der Waals surface area contributed by atoms with Gasteiger partial charge in [0, 0.05) is 35.9 Å². The van der Waals surface area contributed by atoms with Crippen molar-refractivity contribution in [1.29, 1.82) is 0 Å². The number of hydrogen-bond acceptors (Lipinski definition) is 3. The number of nitrogens with zero attached hydrogens (tertiary/aromatic N) is 1. The second kappa shape index (κ2) is 11.2. The van der Waals surface area contributed by atoms with Gasteiger partial charge in [0.1, 0.15) is 0 Å². The van der Waals surface area contributed by atoms with Gasteiger partial charge < -0.3 is 15.3 Å². The lowest BCUT2D eigenvalue weighted by Crippen LogP contribution is -2.36. The molecule has 1 amide bonds. The van der Waals surface area contributed by atoms with Gasteiger partial charge in [-0.05, 0) is 65.8 Å². The first kappa shape index (κ1) is 24.4. The third-order valence-electron chi connectivity index (χ3n) is 7.28. The highest BCUT2D eigenvalue weighted by atomic mass is 16.3. The Kier molecular flexibility index (Phi) is 7.36. The van der Waals surface area contributed by atoms with Crippen LogP contribution >= 0.6 is 0 Å². The first-order valence-corrected chi connectivity index (χ1v) is 12.8. The minimum Gasteiger partial charge on any atom is -0.512 e. The molecule has 1 fully saturated rings. The quantitative estimate of drug-likeness (QED) is 0.262. The van der Waals surface area contributed by atoms with Crippen molar-refractivity contribution < 1.29 is 9.90 Å². The van der Waals surface area contributed by atoms with Gasteiger partial charge in [0.25, 0.3) is 5.91 Å². The molecule has 37 heavy (non-hydrogen) atoms. The van der Waals surface area contributed by atoms with Gasteiger partial charge >= 0.3 is 0 Å². The zero-order valence-corrected chi connectivity index (χ0v) is 20.9. The summed E-state index contributed by atoms with van der Waals surface area (Å²) in [4.78, 5) is 15.5. The van der Waals surface area contributed by atoms with Crippen LogP contribution < -0.4 is 10.2 Å². The molecule has 4 aromatic carbocycles. The number of allylic oxidation sites excluding steroid dienone is 1. The highest BCUT2D eigenvalue weighted by molar-refractivity contribution is 6.08. The summed E-state index contributed by atoms with van der Waals surface area (Å²) in [6.45, 7) is 5.70. The maximum atomic E-state index is 13.1. The van der Waals surface area contributed by atoms with Gasteiger partial charge in [-0.15, -0.1) is 0 Å². The van der Waals surface area contributed by atoms with Crippen molar-refractivity contribution >= 4 is 17.3 Å². The SMILES string of the molecule is C=C(O)C(c1ccccc1)C1CCN(c2ccc(NC(=O)c3ccccc3-c3ccccc3)cc2)CC1. The standard InChI is InChI=1S/C33H32N2O2/c1-24(36)32(26-12-6-3-7-13-26)27-20-22-35(23-21-27)29-18-16-28(17-19-29)34-33(37)31-15-9-8-14-30(31)25-10-4-2-5-11-25/h2-19,27,32,36H,1,20-23H2,(H,34,37). The highest BCUT2D eigenvalue weighted by Gasteiger charge is 2.29. The molecule has 1 heterocycles. The van der Waals surface area contributed by atoms with Gasteiger partial charge in [-0.3, -0.25) is 4.79 Å². The fourth-order valence-corrected chi connectivity index (χ4v) is 5.39. The summed E-state index contributed by atoms with van der Waals surface area (Å²) in [7, 11) is 0. The van der Waals surface area contributed by atoms with E-state index in [0.29, 0.717) is 11.5 Å². The number of aliphatic hydroxyl groups excluding tert-OH is 1. The minimum atomic E-state index is -0.121. The molecule has 0 saturated carbocycles. The van der Waals surface area contributed by atoms with Crippen LogP contribution in [0, 0.1) is 5.92 Å². The Labute approximate surface area is 218 Å². The van der Waals surface area contributed by atoms with Crippen molar-refractivity contribution in [2.24, 2.45) is 5.92 Å². The normalized spacial score (nSPS) is 14.6. The fraction of sp³-hybridized carbons (Fsp3) is 0.182. The number of carbonyl (C=O) groups is 1. The number of anilines is 2. The van der Waals surface area contributed by atoms with E-state index in [9.17, 15) is 9.90 Å². The van der Waals surface area contributed by atoms with Crippen molar-refractivity contribution in [2.75, 3.05) is 23.3 Å². The van der Waals surface area contributed by atoms with E-state index in [-0.39, 0.29) is 17.6 Å². The van der Waals surface area contributed by atoms with Gasteiger partial charge in [0.2, 0.25) is 0 Å². The smallest absolute Gasteiger partial charge is 0.256 e. The summed E-state index contributed by atoms with van der Waals surface area (Å²) in [6, 6.07) is 35.9. The van der Waals surface area contributed by atoms with E-state index >= 15 is 0 Å². The minimum absolute atomic E-state index is 0.0281. The summed E-state index contributed by atoms with van der Waals surface area (Å²) in [5.41, 5.74) is 5.62. The molecule has 0 spiro atoms. The Morgan fingerprint density at radius 3 is 2.05 bits per heavy atom. The van der Waals surface area contributed by atoms with E-state index in [2.05, 4.69) is 41.1 Å². The number of benzene rings is 4. The van der Waals surface area contributed by atoms with Gasteiger partial charge in [0.15, 0.2) is 0 Å². The van der Waals surface area contributed by atoms with Crippen molar-refractivity contribution in [1.82, 2.24) is 0 Å². The second-order valence-electron chi connectivity index (χ2n) is 9.62. The van der Waals surface area contributed by atoms with E-state index < -0.39 is 0 Å². The highest BCUT2D eigenvalue weighted by Crippen LogP contribution is 2.37. The number of nitrogens with one attached hydrogen (secondary N) is 1. The number of piperidine rings is 1. The predicted molar refractivity (Wildman–Crippen MR) is 152 cm³/mol. The first-order valence-electron chi connectivity index (χ1n) is 12.8. The van der Waals surface area contributed by atoms with Crippen LogP contribution in [0.4, 0.5) is 11.4 Å². The number of carbonyl (C=O) groups excluding carboxylic acids is 1. The zero-order valence-electron chi connectivity index (χ0n) is 20.9. The van der Waals surface area contributed by atoms with E-state index in [0.717, 1.165) is 54.0 Å². The monoisotopic (exact) mass is 488 g/mol. The van der Waals surface area contributed by atoms with Crippen molar-refractivity contribution in [3.05, 3.63) is 133 Å². The van der Waals surface area contributed by atoms with Crippen LogP contribution in [0.25, 0.3) is 11.1 Å². The van der Waals surface area contributed by atoms with Crippen molar-refractivity contribution in [3.63, 3.8) is 0 Å². The maximum Gasteiger partial charge on any atom is 0.256 e. The second-order valence-corrected chi connectivity index (χ2v) is 9.62. The summed E-state index contributed by atoms with van der Waals surface area (Å²) in [5.74, 6) is 0.460. The molecule has 2 N–H and O–H groups in total. The molecule has 1 unspecified atom stereocenters. The molecule has 186 valence electrons. The first-order chi connectivity index (χ1) is 18.1. The number of aliphatic hydroxyl groups is 1. The molecule has 0 bridgehead atoms. The molecule has 0 aliphatic carbocycles. The molecule has 4 heteroatoms. The Morgan fingerprint density at radius 2 is 1.41 bits per heavy atom. The molecule has 1 aliphatic heterocycles. The topological polar surface area (TPSA) is 52.6 Å². The molecule has 1 atom stereocenters. The number of hydrogen-bond donors (Lipinski definition) is 2. The van der Waals surface area contributed by atoms with Gasteiger partial charge in [-0.2, -0.15) is 0 Å². The summed E-state index contributed by atoms with van der Waals surface area (Å²) in [6.07, 6.45) is 1.96. The van der Waals surface area contributed by atoms with Crippen LogP contribution in [0.3, 0.4) is 0 Å². The lowest BCUT2D eigenvalue weighted by atomic mass is 9.79. The van der Waals surface area contributed by atoms with Crippen molar-refractivity contribution in [3.8, 4) is 11.1 Å². The van der Waals surface area contributed by atoms with E-state index in [1.54, 1.807) is 0 Å². The molecular weight excluding hydrogens is 456 g/mol. The Morgan fingerprint density at radius 1 is 0.811 bits per heavy atom. The Balaban J connectivity index is 1.23. The van der Waals surface area contributed by atoms with Crippen LogP contribution in [0.5, 0.6) is 0 Å². The fourth-order valence-electron chi connectivity index (χ4n) is 5.39. The summed E-state index contributed by atoms with van der Waals surface area (Å²) in [5, 5.41) is 13.4. The van der Waals surface area contributed by atoms with Crippen LogP contribution in [-0.4, -0.2) is 24.1 Å². The Hall–Kier alpha value is -4.31.